The van der Waals surface area contributed by atoms with Gasteiger partial charge >= 0.3 is 0 Å². The highest BCUT2D eigenvalue weighted by Gasteiger charge is 2.14. The van der Waals surface area contributed by atoms with Crippen LogP contribution in [0.3, 0.4) is 0 Å². The molecule has 94 valence electrons. The molecule has 0 aliphatic heterocycles. The Morgan fingerprint density at radius 2 is 1.94 bits per heavy atom. The van der Waals surface area contributed by atoms with Gasteiger partial charge in [0, 0.05) is 12.7 Å². The van der Waals surface area contributed by atoms with Crippen LogP contribution in [-0.2, 0) is 0 Å². The van der Waals surface area contributed by atoms with Crippen molar-refractivity contribution in [1.29, 1.82) is 0 Å². The summed E-state index contributed by atoms with van der Waals surface area (Å²) in [6.45, 7) is 2.08. The van der Waals surface area contributed by atoms with E-state index in [2.05, 4.69) is 16.9 Å². The topological polar surface area (TPSA) is 55.0 Å². The summed E-state index contributed by atoms with van der Waals surface area (Å²) >= 11 is 5.77. The molecule has 1 heterocycles. The molecule has 1 atom stereocenters. The predicted molar refractivity (Wildman–Crippen MR) is 74.7 cm³/mol. The van der Waals surface area contributed by atoms with E-state index in [-0.39, 0.29) is 6.04 Å². The zero-order chi connectivity index (χ0) is 13.1. The van der Waals surface area contributed by atoms with Crippen LogP contribution in [0.5, 0.6) is 0 Å². The third-order valence-corrected chi connectivity index (χ3v) is 3.09. The number of nitrogen functional groups attached to an aromatic ring is 1. The fraction of sp³-hybridized carbons (Fsp3) is 0.231. The van der Waals surface area contributed by atoms with Gasteiger partial charge in [0.15, 0.2) is 0 Å². The minimum atomic E-state index is 0.134. The van der Waals surface area contributed by atoms with Crippen LogP contribution in [0.25, 0.3) is 0 Å². The Bertz CT molecular complexity index is 527. The highest BCUT2D eigenvalue weighted by molar-refractivity contribution is 6.30. The molecule has 0 fully saturated rings. The van der Waals surface area contributed by atoms with Crippen molar-refractivity contribution >= 4 is 23.2 Å². The quantitative estimate of drug-likeness (QED) is 0.864. The van der Waals surface area contributed by atoms with Crippen molar-refractivity contribution in [2.75, 3.05) is 17.7 Å². The summed E-state index contributed by atoms with van der Waals surface area (Å²) < 4.78 is 0. The molecule has 0 bridgehead atoms. The molecule has 0 aliphatic carbocycles. The van der Waals surface area contributed by atoms with Crippen LogP contribution >= 0.6 is 11.6 Å². The Morgan fingerprint density at radius 3 is 2.56 bits per heavy atom. The van der Waals surface area contributed by atoms with E-state index in [1.54, 1.807) is 12.4 Å². The molecule has 0 saturated heterocycles. The molecule has 4 nitrogen and oxygen atoms in total. The summed E-state index contributed by atoms with van der Waals surface area (Å²) in [5.74, 6) is 0.634. The molecule has 1 aromatic carbocycles. The van der Waals surface area contributed by atoms with E-state index in [0.29, 0.717) is 11.0 Å². The predicted octanol–water partition coefficient (Wildman–Crippen LogP) is 2.91. The molecule has 2 N–H and O–H groups in total. The molecule has 1 unspecified atom stereocenters. The van der Waals surface area contributed by atoms with Crippen molar-refractivity contribution in [2.24, 2.45) is 0 Å². The normalized spacial score (nSPS) is 12.2. The van der Waals surface area contributed by atoms with Crippen LogP contribution in [0.1, 0.15) is 18.5 Å². The van der Waals surface area contributed by atoms with Crippen LogP contribution in [0, 0.1) is 0 Å². The molecule has 0 spiro atoms. The average molecular weight is 263 g/mol. The Kier molecular flexibility index (Phi) is 3.67. The number of nitrogens with two attached hydrogens (primary N) is 1. The summed E-state index contributed by atoms with van der Waals surface area (Å²) in [6, 6.07) is 7.94. The number of benzene rings is 1. The molecule has 0 aliphatic rings. The highest BCUT2D eigenvalue weighted by atomic mass is 35.5. The van der Waals surface area contributed by atoms with E-state index >= 15 is 0 Å². The van der Waals surface area contributed by atoms with E-state index in [1.165, 1.54) is 0 Å². The van der Waals surface area contributed by atoms with E-state index < -0.39 is 0 Å². The van der Waals surface area contributed by atoms with Crippen molar-refractivity contribution in [3.63, 3.8) is 0 Å². The van der Waals surface area contributed by atoms with Gasteiger partial charge in [-0.15, -0.1) is 0 Å². The Labute approximate surface area is 111 Å². The van der Waals surface area contributed by atoms with Gasteiger partial charge in [0.05, 0.1) is 23.5 Å². The summed E-state index contributed by atoms with van der Waals surface area (Å²) in [4.78, 5) is 10.4. The molecular formula is C13H15ClN4. The van der Waals surface area contributed by atoms with E-state index in [9.17, 15) is 0 Å². The van der Waals surface area contributed by atoms with Crippen molar-refractivity contribution in [2.45, 2.75) is 13.0 Å². The second-order valence-corrected chi connectivity index (χ2v) is 4.59. The van der Waals surface area contributed by atoms with E-state index in [1.807, 2.05) is 36.2 Å². The molecular weight excluding hydrogens is 248 g/mol. The van der Waals surface area contributed by atoms with Crippen molar-refractivity contribution < 1.29 is 0 Å². The first-order valence-corrected chi connectivity index (χ1v) is 6.01. The van der Waals surface area contributed by atoms with E-state index in [4.69, 9.17) is 17.3 Å². The number of anilines is 2. The molecule has 0 radical (unpaired) electrons. The number of nitrogens with zero attached hydrogens (tertiary/aromatic N) is 3. The third kappa shape index (κ3) is 2.71. The summed E-state index contributed by atoms with van der Waals surface area (Å²) in [6.07, 6.45) is 3.18. The molecule has 18 heavy (non-hydrogen) atoms. The molecule has 0 saturated carbocycles. The summed E-state index contributed by atoms with van der Waals surface area (Å²) in [5.41, 5.74) is 7.66. The lowest BCUT2D eigenvalue weighted by atomic mass is 10.1. The summed E-state index contributed by atoms with van der Waals surface area (Å²) in [5, 5.41) is 0.531. The van der Waals surface area contributed by atoms with Crippen LogP contribution in [0.15, 0.2) is 36.7 Å². The van der Waals surface area contributed by atoms with Crippen LogP contribution < -0.4 is 10.6 Å². The van der Waals surface area contributed by atoms with Gasteiger partial charge in [-0.3, -0.25) is 0 Å². The largest absolute Gasteiger partial charge is 0.399 e. The maximum atomic E-state index is 5.79. The first-order valence-electron chi connectivity index (χ1n) is 5.64. The van der Waals surface area contributed by atoms with Crippen LogP contribution in [-0.4, -0.2) is 17.0 Å². The fourth-order valence-electron chi connectivity index (χ4n) is 1.70. The molecule has 2 rings (SSSR count). The SMILES string of the molecule is CC(c1cccc(N)c1)N(C)c1ncc(Cl)cn1. The first-order chi connectivity index (χ1) is 8.58. The smallest absolute Gasteiger partial charge is 0.225 e. The number of hydrogen-bond acceptors (Lipinski definition) is 4. The first kappa shape index (κ1) is 12.6. The van der Waals surface area contributed by atoms with Crippen molar-refractivity contribution in [3.05, 3.63) is 47.2 Å². The second-order valence-electron chi connectivity index (χ2n) is 4.16. The minimum Gasteiger partial charge on any atom is -0.399 e. The number of aromatic nitrogens is 2. The van der Waals surface area contributed by atoms with Gasteiger partial charge in [0.2, 0.25) is 5.95 Å². The van der Waals surface area contributed by atoms with Gasteiger partial charge in [0.1, 0.15) is 0 Å². The average Bonchev–Trinajstić information content (AvgIpc) is 2.38. The maximum absolute atomic E-state index is 5.79. The van der Waals surface area contributed by atoms with E-state index in [0.717, 1.165) is 11.3 Å². The van der Waals surface area contributed by atoms with Gasteiger partial charge in [-0.1, -0.05) is 23.7 Å². The summed E-state index contributed by atoms with van der Waals surface area (Å²) in [7, 11) is 1.94. The standard InChI is InChI=1S/C13H15ClN4/c1-9(10-4-3-5-12(15)6-10)18(2)13-16-7-11(14)8-17-13/h3-9H,15H2,1-2H3. The number of rotatable bonds is 3. The number of hydrogen-bond donors (Lipinski definition) is 1. The number of halogens is 1. The Balaban J connectivity index is 2.23. The van der Waals surface area contributed by atoms with Gasteiger partial charge < -0.3 is 10.6 Å². The van der Waals surface area contributed by atoms with Gasteiger partial charge in [-0.25, -0.2) is 9.97 Å². The van der Waals surface area contributed by atoms with Crippen molar-refractivity contribution in [3.8, 4) is 0 Å². The Morgan fingerprint density at radius 1 is 1.28 bits per heavy atom. The lowest BCUT2D eigenvalue weighted by molar-refractivity contribution is 0.715. The van der Waals surface area contributed by atoms with Crippen molar-refractivity contribution in [1.82, 2.24) is 9.97 Å². The second kappa shape index (κ2) is 5.23. The molecule has 2 aromatic rings. The zero-order valence-corrected chi connectivity index (χ0v) is 11.1. The molecule has 5 heteroatoms. The van der Waals surface area contributed by atoms with Gasteiger partial charge in [0.25, 0.3) is 0 Å². The van der Waals surface area contributed by atoms with Crippen LogP contribution in [0.4, 0.5) is 11.6 Å². The highest BCUT2D eigenvalue weighted by Crippen LogP contribution is 2.23. The van der Waals surface area contributed by atoms with Gasteiger partial charge in [-0.2, -0.15) is 0 Å². The molecule has 0 amide bonds. The lowest BCUT2D eigenvalue weighted by Crippen LogP contribution is -2.23. The minimum absolute atomic E-state index is 0.134. The monoisotopic (exact) mass is 262 g/mol. The van der Waals surface area contributed by atoms with Gasteiger partial charge in [-0.05, 0) is 24.6 Å². The third-order valence-electron chi connectivity index (χ3n) is 2.90. The van der Waals surface area contributed by atoms with Crippen LogP contribution in [0.2, 0.25) is 5.02 Å². The maximum Gasteiger partial charge on any atom is 0.225 e. The zero-order valence-electron chi connectivity index (χ0n) is 10.3. The fourth-order valence-corrected chi connectivity index (χ4v) is 1.80. The lowest BCUT2D eigenvalue weighted by Gasteiger charge is -2.25. The Hall–Kier alpha value is -1.81. The molecule has 1 aromatic heterocycles.